The Morgan fingerprint density at radius 2 is 1.03 bits per heavy atom. The van der Waals surface area contributed by atoms with Crippen molar-refractivity contribution in [3.05, 3.63) is 0 Å². The number of aliphatic carboxylic acids is 2. The van der Waals surface area contributed by atoms with Crippen LogP contribution in [0.4, 0.5) is 0 Å². The van der Waals surface area contributed by atoms with Gasteiger partial charge in [0.2, 0.25) is 41.4 Å². The maximum Gasteiger partial charge on any atom is 0.326 e. The first-order valence-electron chi connectivity index (χ1n) is 20.0. The van der Waals surface area contributed by atoms with Gasteiger partial charge in [0.1, 0.15) is 36.3 Å². The molecule has 7 amide bonds. The lowest BCUT2D eigenvalue weighted by Gasteiger charge is -2.27. The van der Waals surface area contributed by atoms with Crippen molar-refractivity contribution in [3.63, 3.8) is 0 Å². The van der Waals surface area contributed by atoms with Gasteiger partial charge in [-0.1, -0.05) is 34.1 Å². The molecule has 0 bridgehead atoms. The first-order chi connectivity index (χ1) is 27.7. The molecule has 0 radical (unpaired) electrons. The molecule has 0 fully saturated rings. The summed E-state index contributed by atoms with van der Waals surface area (Å²) in [5.41, 5.74) is 16.8. The normalized spacial score (nSPS) is 15.2. The average Bonchev–Trinajstić information content (AvgIpc) is 3.17. The van der Waals surface area contributed by atoms with Gasteiger partial charge in [-0.15, -0.1) is 0 Å². The highest BCUT2D eigenvalue weighted by Crippen LogP contribution is 2.11. The highest BCUT2D eigenvalue weighted by molar-refractivity contribution is 5.97. The van der Waals surface area contributed by atoms with Crippen molar-refractivity contribution in [3.8, 4) is 0 Å². The Balaban J connectivity index is 6.03. The van der Waals surface area contributed by atoms with Crippen molar-refractivity contribution < 1.29 is 58.5 Å². The Hall–Kier alpha value is -4.93. The number of nitrogens with two attached hydrogens (primary N) is 3. The molecule has 0 aliphatic heterocycles. The third kappa shape index (κ3) is 22.1. The zero-order valence-corrected chi connectivity index (χ0v) is 34.8. The summed E-state index contributed by atoms with van der Waals surface area (Å²) in [6, 6.07) is -9.00. The molecule has 0 rings (SSSR count). The number of carboxylic acids is 2. The molecule has 0 aromatic heterocycles. The van der Waals surface area contributed by atoms with Crippen molar-refractivity contribution in [1.82, 2.24) is 37.2 Å². The van der Waals surface area contributed by atoms with E-state index in [9.17, 15) is 58.5 Å². The van der Waals surface area contributed by atoms with Crippen LogP contribution in [0.15, 0.2) is 0 Å². The van der Waals surface area contributed by atoms with E-state index in [1.807, 2.05) is 0 Å². The zero-order chi connectivity index (χ0) is 45.2. The molecule has 0 saturated heterocycles. The summed E-state index contributed by atoms with van der Waals surface area (Å²) in [5.74, 6) is -9.13. The van der Waals surface area contributed by atoms with Gasteiger partial charge in [0, 0.05) is 6.42 Å². The van der Waals surface area contributed by atoms with Crippen LogP contribution in [-0.4, -0.2) is 137 Å². The van der Waals surface area contributed by atoms with E-state index in [0.29, 0.717) is 38.6 Å². The number of unbranched alkanes of at least 4 members (excludes halogenated alkanes) is 2. The summed E-state index contributed by atoms with van der Waals surface area (Å²) in [5, 5.41) is 45.9. The van der Waals surface area contributed by atoms with Gasteiger partial charge in [-0.2, -0.15) is 0 Å². The van der Waals surface area contributed by atoms with E-state index in [-0.39, 0.29) is 31.7 Å². The first-order valence-corrected chi connectivity index (χ1v) is 20.0. The lowest BCUT2D eigenvalue weighted by molar-refractivity contribution is -0.144. The third-order valence-electron chi connectivity index (χ3n) is 9.23. The fraction of sp³-hybridized carbons (Fsp3) is 0.757. The second-order valence-corrected chi connectivity index (χ2v) is 14.9. The summed E-state index contributed by atoms with van der Waals surface area (Å²) in [6.45, 7) is 7.35. The number of aliphatic hydroxyl groups is 1. The van der Waals surface area contributed by atoms with Crippen LogP contribution in [0, 0.1) is 11.8 Å². The van der Waals surface area contributed by atoms with Crippen LogP contribution in [0.25, 0.3) is 0 Å². The van der Waals surface area contributed by atoms with E-state index in [2.05, 4.69) is 37.2 Å². The van der Waals surface area contributed by atoms with Crippen LogP contribution >= 0.6 is 0 Å². The summed E-state index contributed by atoms with van der Waals surface area (Å²) in [7, 11) is 0. The molecule has 0 spiro atoms. The minimum atomic E-state index is -1.69. The monoisotopic (exact) mass is 845 g/mol. The molecule has 59 heavy (non-hydrogen) atoms. The summed E-state index contributed by atoms with van der Waals surface area (Å²) >= 11 is 0. The van der Waals surface area contributed by atoms with E-state index in [1.165, 1.54) is 6.92 Å². The maximum absolute atomic E-state index is 13.6. The molecular weight excluding hydrogens is 776 g/mol. The predicted molar refractivity (Wildman–Crippen MR) is 215 cm³/mol. The Bertz CT molecular complexity index is 1400. The molecule has 338 valence electrons. The average molecular weight is 845 g/mol. The van der Waals surface area contributed by atoms with Gasteiger partial charge in [-0.3, -0.25) is 38.4 Å². The summed E-state index contributed by atoms with van der Waals surface area (Å²) in [6.07, 6.45) is 1.68. The van der Waals surface area contributed by atoms with Gasteiger partial charge in [-0.05, 0) is 83.2 Å². The number of hydrogen-bond donors (Lipinski definition) is 13. The number of carbonyl (C=O) groups excluding carboxylic acids is 7. The van der Waals surface area contributed by atoms with Crippen LogP contribution in [0.1, 0.15) is 98.8 Å². The Labute approximate surface area is 345 Å². The van der Waals surface area contributed by atoms with Gasteiger partial charge in [-0.25, -0.2) is 4.79 Å². The minimum absolute atomic E-state index is 0.0331. The topological polar surface area (TPSA) is 377 Å². The predicted octanol–water partition coefficient (Wildman–Crippen LogP) is -3.35. The fourth-order valence-corrected chi connectivity index (χ4v) is 5.55. The van der Waals surface area contributed by atoms with Crippen molar-refractivity contribution in [1.29, 1.82) is 0 Å². The number of aliphatic hydroxyl groups excluding tert-OH is 1. The molecule has 8 atom stereocenters. The zero-order valence-electron chi connectivity index (χ0n) is 34.8. The van der Waals surface area contributed by atoms with E-state index < -0.39 is 127 Å². The number of nitrogens with one attached hydrogen (secondary N) is 7. The molecule has 0 heterocycles. The van der Waals surface area contributed by atoms with E-state index in [1.54, 1.807) is 27.7 Å². The lowest BCUT2D eigenvalue weighted by Crippen LogP contribution is -2.60. The minimum Gasteiger partial charge on any atom is -0.481 e. The van der Waals surface area contributed by atoms with Crippen molar-refractivity contribution in [2.75, 3.05) is 26.2 Å². The Kier molecular flexibility index (Phi) is 26.9. The van der Waals surface area contributed by atoms with Crippen LogP contribution in [0.2, 0.25) is 0 Å². The first kappa shape index (κ1) is 54.1. The van der Waals surface area contributed by atoms with Crippen molar-refractivity contribution in [2.45, 2.75) is 141 Å². The maximum atomic E-state index is 13.6. The highest BCUT2D eigenvalue weighted by Gasteiger charge is 2.34. The molecule has 22 nitrogen and oxygen atoms in total. The van der Waals surface area contributed by atoms with Gasteiger partial charge < -0.3 is 69.7 Å². The number of rotatable bonds is 31. The second-order valence-electron chi connectivity index (χ2n) is 14.9. The van der Waals surface area contributed by atoms with E-state index in [0.717, 1.165) is 0 Å². The van der Waals surface area contributed by atoms with E-state index in [4.69, 9.17) is 17.2 Å². The fourth-order valence-electron chi connectivity index (χ4n) is 5.55. The Morgan fingerprint density at radius 3 is 1.51 bits per heavy atom. The quantitative estimate of drug-likeness (QED) is 0.0303. The van der Waals surface area contributed by atoms with Crippen LogP contribution in [-0.2, 0) is 43.2 Å². The molecule has 0 aliphatic rings. The van der Waals surface area contributed by atoms with Crippen LogP contribution in [0.5, 0.6) is 0 Å². The van der Waals surface area contributed by atoms with Crippen LogP contribution in [0.3, 0.4) is 0 Å². The van der Waals surface area contributed by atoms with Gasteiger partial charge in [0.25, 0.3) is 0 Å². The van der Waals surface area contributed by atoms with E-state index >= 15 is 0 Å². The standard InChI is InChI=1S/C37H68N10O12/c1-6-21(4)30(37(58)59)47-34(55)25(13-14-29(50)51)44-36(57)27(19-48)46-35(56)26(17-20(2)3)45-33(54)24(12-8-10-16-39)42-28(49)18-41-32(53)23(11-7-9-15-38)43-31(52)22(5)40/h20-27,30,48H,6-19,38-40H2,1-5H3,(H,41,53)(H,42,49)(H,43,52)(H,44,57)(H,45,54)(H,46,56)(H,47,55)(H,50,51)(H,58,59)/t21-,22-,23-,24-,25-,26-,27-,30-/m0/s1. The highest BCUT2D eigenvalue weighted by atomic mass is 16.4. The number of amides is 7. The van der Waals surface area contributed by atoms with Crippen molar-refractivity contribution >= 4 is 53.3 Å². The molecule has 0 saturated carbocycles. The summed E-state index contributed by atoms with van der Waals surface area (Å²) < 4.78 is 0. The second kappa shape index (κ2) is 29.3. The molecule has 0 aromatic rings. The SMILES string of the molecule is CC[C@H](C)[C@H](NC(=O)[C@H](CCC(=O)O)NC(=O)[C@H](CO)NC(=O)[C@H](CC(C)C)NC(=O)[C@H](CCCCN)NC(=O)CNC(=O)[C@H](CCCCN)NC(=O)[C@H](C)N)C(=O)O. The van der Waals surface area contributed by atoms with Gasteiger partial charge in [0.15, 0.2) is 0 Å². The van der Waals surface area contributed by atoms with Gasteiger partial charge in [0.05, 0.1) is 19.2 Å². The molecule has 22 heteroatoms. The smallest absolute Gasteiger partial charge is 0.326 e. The third-order valence-corrected chi connectivity index (χ3v) is 9.23. The molecule has 16 N–H and O–H groups in total. The molecule has 0 unspecified atom stereocenters. The van der Waals surface area contributed by atoms with Crippen LogP contribution < -0.4 is 54.4 Å². The largest absolute Gasteiger partial charge is 0.481 e. The number of hydrogen-bond acceptors (Lipinski definition) is 13. The number of carbonyl (C=O) groups is 9. The lowest BCUT2D eigenvalue weighted by atomic mass is 9.98. The van der Waals surface area contributed by atoms with Gasteiger partial charge >= 0.3 is 11.9 Å². The Morgan fingerprint density at radius 1 is 0.576 bits per heavy atom. The molecular formula is C37H68N10O12. The summed E-state index contributed by atoms with van der Waals surface area (Å²) in [4.78, 5) is 115. The number of carboxylic acid groups (broad SMARTS) is 2. The van der Waals surface area contributed by atoms with Crippen molar-refractivity contribution in [2.24, 2.45) is 29.0 Å². The molecule has 0 aliphatic carbocycles. The molecule has 0 aromatic carbocycles.